The maximum atomic E-state index is 12.9. The summed E-state index contributed by atoms with van der Waals surface area (Å²) in [5.41, 5.74) is 0.744. The minimum absolute atomic E-state index is 0.116. The van der Waals surface area contributed by atoms with Crippen LogP contribution in [0.5, 0.6) is 0 Å². The first-order valence-electron chi connectivity index (χ1n) is 4.33. The summed E-state index contributed by atoms with van der Waals surface area (Å²) >= 11 is 0. The van der Waals surface area contributed by atoms with Gasteiger partial charge in [0.05, 0.1) is 5.69 Å². The fourth-order valence-electron chi connectivity index (χ4n) is 0.871. The Kier molecular flexibility index (Phi) is 4.52. The third-order valence-electron chi connectivity index (χ3n) is 1.78. The standard InChI is InChI=1S/C8H9F2N.C2H6/c1-4-5(2)8(10)11-6(3)7(4)9;1-2/h1-3H3;1-2H3. The molecule has 74 valence electrons. The number of rotatable bonds is 0. The molecule has 0 spiro atoms. The van der Waals surface area contributed by atoms with Crippen molar-refractivity contribution < 1.29 is 8.78 Å². The summed E-state index contributed by atoms with van der Waals surface area (Å²) in [4.78, 5) is 3.39. The molecule has 0 aliphatic carbocycles. The van der Waals surface area contributed by atoms with Crippen molar-refractivity contribution >= 4 is 0 Å². The van der Waals surface area contributed by atoms with Gasteiger partial charge in [-0.15, -0.1) is 0 Å². The van der Waals surface area contributed by atoms with E-state index in [1.807, 2.05) is 13.8 Å². The van der Waals surface area contributed by atoms with Crippen LogP contribution < -0.4 is 0 Å². The highest BCUT2D eigenvalue weighted by Crippen LogP contribution is 2.15. The van der Waals surface area contributed by atoms with Gasteiger partial charge in [0.1, 0.15) is 5.82 Å². The zero-order valence-corrected chi connectivity index (χ0v) is 8.70. The molecule has 0 fully saturated rings. The van der Waals surface area contributed by atoms with Crippen molar-refractivity contribution in [3.05, 3.63) is 28.6 Å². The highest BCUT2D eigenvalue weighted by Gasteiger charge is 2.10. The number of halogens is 2. The summed E-state index contributed by atoms with van der Waals surface area (Å²) < 4.78 is 25.7. The lowest BCUT2D eigenvalue weighted by Crippen LogP contribution is -2.00. The van der Waals surface area contributed by atoms with Crippen LogP contribution in [0.3, 0.4) is 0 Å². The lowest BCUT2D eigenvalue weighted by molar-refractivity contribution is 0.535. The predicted octanol–water partition coefficient (Wildman–Crippen LogP) is 3.31. The Morgan fingerprint density at radius 3 is 1.85 bits per heavy atom. The SMILES string of the molecule is CC.Cc1nc(F)c(C)c(C)c1F. The Bertz CT molecular complexity index is 269. The monoisotopic (exact) mass is 187 g/mol. The van der Waals surface area contributed by atoms with Crippen molar-refractivity contribution in [2.24, 2.45) is 0 Å². The van der Waals surface area contributed by atoms with Gasteiger partial charge in [-0.1, -0.05) is 13.8 Å². The van der Waals surface area contributed by atoms with Crippen LogP contribution in [0.15, 0.2) is 0 Å². The maximum absolute atomic E-state index is 12.9. The van der Waals surface area contributed by atoms with Crippen LogP contribution in [-0.2, 0) is 0 Å². The number of hydrogen-bond acceptors (Lipinski definition) is 1. The van der Waals surface area contributed by atoms with Gasteiger partial charge in [-0.3, -0.25) is 0 Å². The topological polar surface area (TPSA) is 12.9 Å². The Hall–Kier alpha value is -0.990. The summed E-state index contributed by atoms with van der Waals surface area (Å²) in [5, 5.41) is 0. The molecule has 1 aromatic rings. The quantitative estimate of drug-likeness (QED) is 0.568. The second-order valence-electron chi connectivity index (χ2n) is 2.55. The number of pyridine rings is 1. The summed E-state index contributed by atoms with van der Waals surface area (Å²) in [6, 6.07) is 0. The van der Waals surface area contributed by atoms with Gasteiger partial charge in [-0.2, -0.15) is 4.39 Å². The first-order valence-corrected chi connectivity index (χ1v) is 4.33. The van der Waals surface area contributed by atoms with E-state index in [1.54, 1.807) is 6.92 Å². The molecule has 13 heavy (non-hydrogen) atoms. The van der Waals surface area contributed by atoms with Gasteiger partial charge in [-0.25, -0.2) is 9.37 Å². The largest absolute Gasteiger partial charge is 0.222 e. The zero-order chi connectivity index (χ0) is 10.6. The first-order chi connectivity index (χ1) is 6.04. The molecule has 0 aliphatic rings. The molecule has 0 N–H and O–H groups in total. The van der Waals surface area contributed by atoms with Crippen LogP contribution in [0, 0.1) is 32.5 Å². The molecular formula is C10H15F2N. The lowest BCUT2D eigenvalue weighted by Gasteiger charge is -2.03. The molecular weight excluding hydrogens is 172 g/mol. The minimum Gasteiger partial charge on any atom is -0.222 e. The third-order valence-corrected chi connectivity index (χ3v) is 1.78. The van der Waals surface area contributed by atoms with E-state index in [2.05, 4.69) is 4.98 Å². The molecule has 0 atom stereocenters. The fraction of sp³-hybridized carbons (Fsp3) is 0.500. The number of aryl methyl sites for hydroxylation is 1. The van der Waals surface area contributed by atoms with Crippen molar-refractivity contribution in [2.75, 3.05) is 0 Å². The first kappa shape index (κ1) is 12.0. The molecule has 0 radical (unpaired) electrons. The zero-order valence-electron chi connectivity index (χ0n) is 8.70. The van der Waals surface area contributed by atoms with Gasteiger partial charge in [0.15, 0.2) is 0 Å². The number of aromatic nitrogens is 1. The second kappa shape index (κ2) is 4.90. The second-order valence-corrected chi connectivity index (χ2v) is 2.55. The van der Waals surface area contributed by atoms with Crippen molar-refractivity contribution in [3.63, 3.8) is 0 Å². The van der Waals surface area contributed by atoms with E-state index < -0.39 is 11.8 Å². The maximum Gasteiger partial charge on any atom is 0.216 e. The number of nitrogens with zero attached hydrogens (tertiary/aromatic N) is 1. The van der Waals surface area contributed by atoms with Crippen LogP contribution >= 0.6 is 0 Å². The van der Waals surface area contributed by atoms with E-state index in [4.69, 9.17) is 0 Å². The van der Waals surface area contributed by atoms with Crippen molar-refractivity contribution in [3.8, 4) is 0 Å². The average Bonchev–Trinajstić information content (AvgIpc) is 2.15. The van der Waals surface area contributed by atoms with Gasteiger partial charge in [0.2, 0.25) is 5.95 Å². The van der Waals surface area contributed by atoms with E-state index in [1.165, 1.54) is 13.8 Å². The Balaban J connectivity index is 0.000000671. The normalized spacial score (nSPS) is 9.15. The third kappa shape index (κ3) is 2.47. The molecule has 0 saturated heterocycles. The van der Waals surface area contributed by atoms with Gasteiger partial charge < -0.3 is 0 Å². The van der Waals surface area contributed by atoms with Gasteiger partial charge in [-0.05, 0) is 26.3 Å². The molecule has 0 unspecified atom stereocenters. The van der Waals surface area contributed by atoms with Crippen LogP contribution in [0.1, 0.15) is 30.7 Å². The summed E-state index contributed by atoms with van der Waals surface area (Å²) in [7, 11) is 0. The molecule has 0 aliphatic heterocycles. The molecule has 0 aromatic carbocycles. The van der Waals surface area contributed by atoms with Crippen molar-refractivity contribution in [2.45, 2.75) is 34.6 Å². The Labute approximate surface area is 77.8 Å². The average molecular weight is 187 g/mol. The van der Waals surface area contributed by atoms with E-state index in [0.29, 0.717) is 5.56 Å². The van der Waals surface area contributed by atoms with Gasteiger partial charge in [0.25, 0.3) is 0 Å². The molecule has 0 saturated carbocycles. The molecule has 0 amide bonds. The summed E-state index contributed by atoms with van der Waals surface area (Å²) in [6.45, 7) is 8.51. The highest BCUT2D eigenvalue weighted by molar-refractivity contribution is 5.26. The van der Waals surface area contributed by atoms with Crippen molar-refractivity contribution in [1.82, 2.24) is 4.98 Å². The highest BCUT2D eigenvalue weighted by atomic mass is 19.1. The van der Waals surface area contributed by atoms with Crippen molar-refractivity contribution in [1.29, 1.82) is 0 Å². The Morgan fingerprint density at radius 2 is 1.38 bits per heavy atom. The van der Waals surface area contributed by atoms with Crippen LogP contribution in [0.4, 0.5) is 8.78 Å². The van der Waals surface area contributed by atoms with E-state index >= 15 is 0 Å². The summed E-state index contributed by atoms with van der Waals surface area (Å²) in [6.07, 6.45) is 0. The molecule has 1 heterocycles. The predicted molar refractivity (Wildman–Crippen MR) is 49.7 cm³/mol. The van der Waals surface area contributed by atoms with Crippen LogP contribution in [0.2, 0.25) is 0 Å². The molecule has 1 aromatic heterocycles. The molecule has 1 nitrogen and oxygen atoms in total. The molecule has 3 heteroatoms. The van der Waals surface area contributed by atoms with E-state index in [-0.39, 0.29) is 11.3 Å². The smallest absolute Gasteiger partial charge is 0.216 e. The fourth-order valence-corrected chi connectivity index (χ4v) is 0.871. The van der Waals surface area contributed by atoms with Crippen LogP contribution in [-0.4, -0.2) is 4.98 Å². The molecule has 0 bridgehead atoms. The van der Waals surface area contributed by atoms with E-state index in [9.17, 15) is 8.78 Å². The lowest BCUT2D eigenvalue weighted by atomic mass is 10.1. The summed E-state index contributed by atoms with van der Waals surface area (Å²) in [5.74, 6) is -0.995. The number of hydrogen-bond donors (Lipinski definition) is 0. The Morgan fingerprint density at radius 1 is 0.923 bits per heavy atom. The van der Waals surface area contributed by atoms with Gasteiger partial charge >= 0.3 is 0 Å². The molecule has 1 rings (SSSR count). The minimum atomic E-state index is -0.582. The van der Waals surface area contributed by atoms with Crippen LogP contribution in [0.25, 0.3) is 0 Å². The van der Waals surface area contributed by atoms with E-state index in [0.717, 1.165) is 0 Å². The van der Waals surface area contributed by atoms with Gasteiger partial charge in [0, 0.05) is 5.56 Å².